The Hall–Kier alpha value is -3.36. The molecule has 1 saturated heterocycles. The number of carbonyl (C=O) groups excluding carboxylic acids is 2. The summed E-state index contributed by atoms with van der Waals surface area (Å²) in [5, 5.41) is 10.8. The smallest absolute Gasteiger partial charge is 0.326 e. The molecule has 1 N–H and O–H groups in total. The van der Waals surface area contributed by atoms with Gasteiger partial charge >= 0.3 is 11.9 Å². The second-order valence-corrected chi connectivity index (χ2v) is 12.3. The van der Waals surface area contributed by atoms with Gasteiger partial charge in [0, 0.05) is 17.9 Å². The summed E-state index contributed by atoms with van der Waals surface area (Å²) >= 11 is 0. The highest BCUT2D eigenvalue weighted by atomic mass is 16.6. The lowest BCUT2D eigenvalue weighted by molar-refractivity contribution is -0.161. The van der Waals surface area contributed by atoms with Crippen LogP contribution < -0.4 is 9.47 Å². The predicted octanol–water partition coefficient (Wildman–Crippen LogP) is 5.08. The standard InChI is InChI=1S/C30H42N2O7/c1-10-37-24-15-23(20-12-11-17(2)18(3)26(20)31-24)38-19-13-22(28(35)36)32(16-19)27(34)21(29(4,5)6)14-25(33)39-30(7,8)9/h11-12,15,19,21-22H,10,13-14,16H2,1-9H3,(H,35,36)/t19-,21-,22+/m1/s1. The predicted molar refractivity (Wildman–Crippen MR) is 148 cm³/mol. The highest BCUT2D eigenvalue weighted by molar-refractivity contribution is 5.90. The summed E-state index contributed by atoms with van der Waals surface area (Å²) in [6, 6.07) is 4.55. The van der Waals surface area contributed by atoms with Crippen molar-refractivity contribution in [3.63, 3.8) is 0 Å². The number of aryl methyl sites for hydroxylation is 2. The van der Waals surface area contributed by atoms with Crippen LogP contribution in [0.1, 0.15) is 72.4 Å². The summed E-state index contributed by atoms with van der Waals surface area (Å²) in [6.45, 7) is 17.3. The van der Waals surface area contributed by atoms with Gasteiger partial charge in [0.2, 0.25) is 11.8 Å². The minimum atomic E-state index is -1.11. The minimum Gasteiger partial charge on any atom is -0.488 e. The molecule has 9 nitrogen and oxygen atoms in total. The Balaban J connectivity index is 1.91. The Labute approximate surface area is 230 Å². The van der Waals surface area contributed by atoms with Gasteiger partial charge in [0.15, 0.2) is 0 Å². The molecule has 3 rings (SSSR count). The molecule has 214 valence electrons. The topological polar surface area (TPSA) is 115 Å². The fraction of sp³-hybridized carbons (Fsp3) is 0.600. The van der Waals surface area contributed by atoms with Crippen LogP contribution in [0.5, 0.6) is 11.6 Å². The molecule has 3 atom stereocenters. The first kappa shape index (κ1) is 30.2. The molecule has 0 saturated carbocycles. The number of hydrogen-bond acceptors (Lipinski definition) is 7. The molecular formula is C30H42N2O7. The molecule has 1 amide bonds. The second kappa shape index (κ2) is 11.4. The van der Waals surface area contributed by atoms with Crippen molar-refractivity contribution >= 4 is 28.7 Å². The fourth-order valence-corrected chi connectivity index (χ4v) is 4.85. The van der Waals surface area contributed by atoms with E-state index in [1.54, 1.807) is 26.8 Å². The number of aromatic nitrogens is 1. The van der Waals surface area contributed by atoms with Crippen LogP contribution in [0.4, 0.5) is 0 Å². The molecule has 1 aliphatic heterocycles. The summed E-state index contributed by atoms with van der Waals surface area (Å²) in [4.78, 5) is 44.7. The quantitative estimate of drug-likeness (QED) is 0.460. The van der Waals surface area contributed by atoms with E-state index >= 15 is 0 Å². The third-order valence-corrected chi connectivity index (χ3v) is 6.99. The highest BCUT2D eigenvalue weighted by Gasteiger charge is 2.46. The number of carbonyl (C=O) groups is 3. The molecule has 2 aromatic rings. The third-order valence-electron chi connectivity index (χ3n) is 6.99. The van der Waals surface area contributed by atoms with Gasteiger partial charge in [-0.25, -0.2) is 9.78 Å². The molecule has 0 bridgehead atoms. The Morgan fingerprint density at radius 2 is 1.79 bits per heavy atom. The van der Waals surface area contributed by atoms with Crippen LogP contribution >= 0.6 is 0 Å². The number of nitrogens with zero attached hydrogens (tertiary/aromatic N) is 2. The number of ether oxygens (including phenoxy) is 3. The molecule has 9 heteroatoms. The molecule has 1 fully saturated rings. The van der Waals surface area contributed by atoms with Gasteiger partial charge < -0.3 is 24.2 Å². The summed E-state index contributed by atoms with van der Waals surface area (Å²) in [5.41, 5.74) is 1.54. The highest BCUT2D eigenvalue weighted by Crippen LogP contribution is 2.37. The van der Waals surface area contributed by atoms with Crippen LogP contribution in [0, 0.1) is 25.2 Å². The van der Waals surface area contributed by atoms with E-state index in [9.17, 15) is 19.5 Å². The Bertz CT molecular complexity index is 1240. The number of pyridine rings is 1. The van der Waals surface area contributed by atoms with E-state index in [2.05, 4.69) is 4.98 Å². The molecule has 0 aliphatic carbocycles. The molecule has 39 heavy (non-hydrogen) atoms. The zero-order valence-electron chi connectivity index (χ0n) is 24.6. The van der Waals surface area contributed by atoms with Crippen molar-refractivity contribution in [2.24, 2.45) is 11.3 Å². The Morgan fingerprint density at radius 3 is 2.36 bits per heavy atom. The van der Waals surface area contributed by atoms with Crippen molar-refractivity contribution in [2.75, 3.05) is 13.2 Å². The maximum Gasteiger partial charge on any atom is 0.326 e. The first-order valence-corrected chi connectivity index (χ1v) is 13.5. The molecular weight excluding hydrogens is 500 g/mol. The molecule has 2 heterocycles. The molecule has 0 radical (unpaired) electrons. The van der Waals surface area contributed by atoms with E-state index in [0.717, 1.165) is 22.0 Å². The van der Waals surface area contributed by atoms with Gasteiger partial charge in [-0.2, -0.15) is 0 Å². The van der Waals surface area contributed by atoms with Gasteiger partial charge in [0.25, 0.3) is 0 Å². The largest absolute Gasteiger partial charge is 0.488 e. The maximum absolute atomic E-state index is 13.8. The van der Waals surface area contributed by atoms with Crippen molar-refractivity contribution < 1.29 is 33.7 Å². The maximum atomic E-state index is 13.8. The monoisotopic (exact) mass is 542 g/mol. The van der Waals surface area contributed by atoms with Crippen molar-refractivity contribution in [3.05, 3.63) is 29.3 Å². The van der Waals surface area contributed by atoms with Gasteiger partial charge in [0.1, 0.15) is 23.5 Å². The van der Waals surface area contributed by atoms with Crippen molar-refractivity contribution in [2.45, 2.75) is 92.9 Å². The average molecular weight is 543 g/mol. The first-order chi connectivity index (χ1) is 18.0. The second-order valence-electron chi connectivity index (χ2n) is 12.3. The lowest BCUT2D eigenvalue weighted by atomic mass is 9.77. The van der Waals surface area contributed by atoms with Gasteiger partial charge in [-0.15, -0.1) is 0 Å². The lowest BCUT2D eigenvalue weighted by Crippen LogP contribution is -2.47. The molecule has 1 aromatic heterocycles. The zero-order chi connectivity index (χ0) is 29.3. The summed E-state index contributed by atoms with van der Waals surface area (Å²) in [6.07, 6.45) is -0.596. The van der Waals surface area contributed by atoms with Gasteiger partial charge in [-0.05, 0) is 64.2 Å². The number of fused-ring (bicyclic) bond motifs is 1. The van der Waals surface area contributed by atoms with Crippen LogP contribution in [0.3, 0.4) is 0 Å². The summed E-state index contributed by atoms with van der Waals surface area (Å²) < 4.78 is 17.5. The first-order valence-electron chi connectivity index (χ1n) is 13.5. The Kier molecular flexibility index (Phi) is 8.82. The van der Waals surface area contributed by atoms with Crippen molar-refractivity contribution in [1.82, 2.24) is 9.88 Å². The minimum absolute atomic E-state index is 0.0787. The van der Waals surface area contributed by atoms with Crippen LogP contribution in [0.25, 0.3) is 10.9 Å². The zero-order valence-corrected chi connectivity index (χ0v) is 24.6. The van der Waals surface area contributed by atoms with Crippen molar-refractivity contribution in [1.29, 1.82) is 0 Å². The number of carboxylic acids is 1. The van der Waals surface area contributed by atoms with Crippen LogP contribution in [0.15, 0.2) is 18.2 Å². The van der Waals surface area contributed by atoms with E-state index < -0.39 is 46.9 Å². The van der Waals surface area contributed by atoms with E-state index in [-0.39, 0.29) is 19.4 Å². The van der Waals surface area contributed by atoms with E-state index in [1.165, 1.54) is 4.90 Å². The Morgan fingerprint density at radius 1 is 1.13 bits per heavy atom. The van der Waals surface area contributed by atoms with E-state index in [1.807, 2.05) is 53.7 Å². The fourth-order valence-electron chi connectivity index (χ4n) is 4.85. The average Bonchev–Trinajstić information content (AvgIpc) is 3.22. The molecule has 1 aromatic carbocycles. The van der Waals surface area contributed by atoms with E-state index in [4.69, 9.17) is 14.2 Å². The van der Waals surface area contributed by atoms with Crippen LogP contribution in [-0.4, -0.2) is 63.7 Å². The molecule has 1 aliphatic rings. The number of hydrogen-bond donors (Lipinski definition) is 1. The normalized spacial score (nSPS) is 18.6. The van der Waals surface area contributed by atoms with Crippen molar-refractivity contribution in [3.8, 4) is 11.6 Å². The number of carboxylic acid groups (broad SMARTS) is 1. The molecule has 0 spiro atoms. The van der Waals surface area contributed by atoms with Gasteiger partial charge in [-0.3, -0.25) is 9.59 Å². The lowest BCUT2D eigenvalue weighted by Gasteiger charge is -2.34. The van der Waals surface area contributed by atoms with E-state index in [0.29, 0.717) is 18.2 Å². The third kappa shape index (κ3) is 7.19. The summed E-state index contributed by atoms with van der Waals surface area (Å²) in [7, 11) is 0. The molecule has 0 unspecified atom stereocenters. The number of benzene rings is 1. The summed E-state index contributed by atoms with van der Waals surface area (Å²) in [5.74, 6) is -1.82. The van der Waals surface area contributed by atoms with Gasteiger partial charge in [0.05, 0.1) is 31.0 Å². The number of esters is 1. The number of aliphatic carboxylic acids is 1. The SMILES string of the molecule is CCOc1cc(O[C@@H]2C[C@@H](C(=O)O)N(C(=O)[C@@H](CC(=O)OC(C)(C)C)C(C)(C)C)C2)c2ccc(C)c(C)c2n1. The van der Waals surface area contributed by atoms with Crippen LogP contribution in [-0.2, 0) is 19.1 Å². The number of amides is 1. The number of rotatable bonds is 8. The number of likely N-dealkylation sites (tertiary alicyclic amines) is 1. The van der Waals surface area contributed by atoms with Gasteiger partial charge in [-0.1, -0.05) is 26.8 Å². The van der Waals surface area contributed by atoms with Crippen LogP contribution in [0.2, 0.25) is 0 Å².